The van der Waals surface area contributed by atoms with Crippen LogP contribution < -0.4 is 11.1 Å². The Hall–Kier alpha value is -1.30. The number of carbonyl (C=O) groups excluding carboxylic acids is 1. The molecule has 0 aromatic heterocycles. The number of nitrogen functional groups attached to an aromatic ring is 1. The zero-order chi connectivity index (χ0) is 14.3. The number of amides is 1. The van der Waals surface area contributed by atoms with Gasteiger partial charge in [0.2, 0.25) is 5.91 Å². The van der Waals surface area contributed by atoms with Crippen LogP contribution in [-0.2, 0) is 9.53 Å². The third-order valence-corrected chi connectivity index (χ3v) is 2.98. The summed E-state index contributed by atoms with van der Waals surface area (Å²) in [7, 11) is 3.60. The number of carbonyl (C=O) groups is 1. The average molecular weight is 286 g/mol. The Bertz CT molecular complexity index is 426. The van der Waals surface area contributed by atoms with Gasteiger partial charge in [-0.2, -0.15) is 0 Å². The molecule has 0 heterocycles. The van der Waals surface area contributed by atoms with E-state index in [1.54, 1.807) is 25.3 Å². The molecular formula is C13H20ClN3O2. The van der Waals surface area contributed by atoms with E-state index in [-0.39, 0.29) is 5.91 Å². The first-order chi connectivity index (χ1) is 9.02. The third-order valence-electron chi connectivity index (χ3n) is 2.66. The molecular weight excluding hydrogens is 266 g/mol. The van der Waals surface area contributed by atoms with E-state index in [9.17, 15) is 4.79 Å². The van der Waals surface area contributed by atoms with Gasteiger partial charge in [-0.25, -0.2) is 0 Å². The number of halogens is 1. The van der Waals surface area contributed by atoms with Gasteiger partial charge < -0.3 is 20.7 Å². The highest BCUT2D eigenvalue weighted by molar-refractivity contribution is 6.34. The van der Waals surface area contributed by atoms with E-state index in [1.165, 1.54) is 0 Å². The minimum atomic E-state index is -0.0732. The summed E-state index contributed by atoms with van der Waals surface area (Å²) in [6.07, 6.45) is 0.404. The van der Waals surface area contributed by atoms with E-state index in [1.807, 2.05) is 11.9 Å². The molecule has 0 bridgehead atoms. The van der Waals surface area contributed by atoms with Crippen LogP contribution in [-0.4, -0.2) is 44.7 Å². The zero-order valence-corrected chi connectivity index (χ0v) is 12.0. The van der Waals surface area contributed by atoms with Crippen molar-refractivity contribution in [3.63, 3.8) is 0 Å². The fourth-order valence-electron chi connectivity index (χ4n) is 1.50. The van der Waals surface area contributed by atoms with Gasteiger partial charge in [-0.15, -0.1) is 0 Å². The number of hydrogen-bond donors (Lipinski definition) is 2. The first-order valence-corrected chi connectivity index (χ1v) is 6.43. The topological polar surface area (TPSA) is 67.6 Å². The van der Waals surface area contributed by atoms with Gasteiger partial charge in [0.1, 0.15) is 0 Å². The minimum Gasteiger partial charge on any atom is -0.399 e. The van der Waals surface area contributed by atoms with Gasteiger partial charge in [0.25, 0.3) is 0 Å². The van der Waals surface area contributed by atoms with E-state index in [2.05, 4.69) is 5.32 Å². The number of nitrogens with one attached hydrogen (secondary N) is 1. The molecule has 6 heteroatoms. The number of ether oxygens (including phenoxy) is 1. The molecule has 5 nitrogen and oxygen atoms in total. The van der Waals surface area contributed by atoms with Crippen LogP contribution in [0, 0.1) is 0 Å². The lowest BCUT2D eigenvalue weighted by Crippen LogP contribution is -2.27. The molecule has 1 aromatic rings. The summed E-state index contributed by atoms with van der Waals surface area (Å²) in [6, 6.07) is 5.01. The second-order valence-corrected chi connectivity index (χ2v) is 4.74. The van der Waals surface area contributed by atoms with Crippen LogP contribution in [0.3, 0.4) is 0 Å². The Morgan fingerprint density at radius 2 is 2.21 bits per heavy atom. The van der Waals surface area contributed by atoms with E-state index in [0.29, 0.717) is 36.0 Å². The van der Waals surface area contributed by atoms with Crippen molar-refractivity contribution in [3.8, 4) is 0 Å². The van der Waals surface area contributed by atoms with Gasteiger partial charge in [0.15, 0.2) is 0 Å². The Morgan fingerprint density at radius 1 is 1.47 bits per heavy atom. The number of anilines is 2. The second-order valence-electron chi connectivity index (χ2n) is 4.33. The lowest BCUT2D eigenvalue weighted by atomic mass is 10.2. The van der Waals surface area contributed by atoms with Gasteiger partial charge in [0, 0.05) is 32.3 Å². The predicted octanol–water partition coefficient (Wildman–Crippen LogP) is 1.83. The number of methoxy groups -OCH3 is 1. The summed E-state index contributed by atoms with van der Waals surface area (Å²) in [6.45, 7) is 2.12. The molecule has 0 saturated carbocycles. The van der Waals surface area contributed by atoms with Crippen LogP contribution in [0.5, 0.6) is 0 Å². The smallest absolute Gasteiger partial charge is 0.225 e. The molecule has 1 rings (SSSR count). The maximum Gasteiger partial charge on any atom is 0.225 e. The molecule has 0 aliphatic rings. The standard InChI is InChI=1S/C13H20ClN3O2/c1-17(7-8-19-2)6-5-13(18)16-12-4-3-10(15)9-11(12)14/h3-4,9H,5-8,15H2,1-2H3,(H,16,18). The highest BCUT2D eigenvalue weighted by Crippen LogP contribution is 2.24. The summed E-state index contributed by atoms with van der Waals surface area (Å²) >= 11 is 5.98. The Kier molecular flexibility index (Phi) is 6.62. The molecule has 3 N–H and O–H groups in total. The lowest BCUT2D eigenvalue weighted by Gasteiger charge is -2.15. The largest absolute Gasteiger partial charge is 0.399 e. The molecule has 0 spiro atoms. The van der Waals surface area contributed by atoms with Crippen LogP contribution in [0.2, 0.25) is 5.02 Å². The van der Waals surface area contributed by atoms with E-state index < -0.39 is 0 Å². The Labute approximate surface area is 118 Å². The normalized spacial score (nSPS) is 10.7. The molecule has 1 aromatic carbocycles. The second kappa shape index (κ2) is 7.99. The highest BCUT2D eigenvalue weighted by atomic mass is 35.5. The predicted molar refractivity (Wildman–Crippen MR) is 78.5 cm³/mol. The van der Waals surface area contributed by atoms with E-state index in [0.717, 1.165) is 6.54 Å². The van der Waals surface area contributed by atoms with Gasteiger partial charge in [-0.3, -0.25) is 4.79 Å². The molecule has 0 saturated heterocycles. The monoisotopic (exact) mass is 285 g/mol. The summed E-state index contributed by atoms with van der Waals surface area (Å²) in [5.41, 5.74) is 6.74. The quantitative estimate of drug-likeness (QED) is 0.750. The number of nitrogens with two attached hydrogens (primary N) is 1. The van der Waals surface area contributed by atoms with Crippen LogP contribution in [0.25, 0.3) is 0 Å². The van der Waals surface area contributed by atoms with Crippen molar-refractivity contribution in [1.82, 2.24) is 4.90 Å². The minimum absolute atomic E-state index is 0.0732. The van der Waals surface area contributed by atoms with Gasteiger partial charge in [-0.1, -0.05) is 11.6 Å². The van der Waals surface area contributed by atoms with Gasteiger partial charge in [-0.05, 0) is 25.2 Å². The van der Waals surface area contributed by atoms with Crippen LogP contribution in [0.4, 0.5) is 11.4 Å². The summed E-state index contributed by atoms with van der Waals surface area (Å²) in [5.74, 6) is -0.0732. The number of nitrogens with zero attached hydrogens (tertiary/aromatic N) is 1. The molecule has 106 valence electrons. The summed E-state index contributed by atoms with van der Waals surface area (Å²) in [5, 5.41) is 3.21. The summed E-state index contributed by atoms with van der Waals surface area (Å²) < 4.78 is 4.97. The van der Waals surface area contributed by atoms with Crippen molar-refractivity contribution in [2.24, 2.45) is 0 Å². The van der Waals surface area contributed by atoms with Crippen molar-refractivity contribution in [2.45, 2.75) is 6.42 Å². The average Bonchev–Trinajstić information content (AvgIpc) is 2.37. The Balaban J connectivity index is 2.38. The first kappa shape index (κ1) is 15.8. The maximum atomic E-state index is 11.8. The summed E-state index contributed by atoms with van der Waals surface area (Å²) in [4.78, 5) is 13.8. The van der Waals surface area contributed by atoms with E-state index >= 15 is 0 Å². The molecule has 0 unspecified atom stereocenters. The van der Waals surface area contributed by atoms with Crippen LogP contribution in [0.15, 0.2) is 18.2 Å². The third kappa shape index (κ3) is 5.92. The first-order valence-electron chi connectivity index (χ1n) is 6.05. The molecule has 0 aliphatic carbocycles. The fourth-order valence-corrected chi connectivity index (χ4v) is 1.73. The van der Waals surface area contributed by atoms with Gasteiger partial charge in [0.05, 0.1) is 17.3 Å². The number of rotatable bonds is 7. The fraction of sp³-hybridized carbons (Fsp3) is 0.462. The van der Waals surface area contributed by atoms with Crippen molar-refractivity contribution < 1.29 is 9.53 Å². The van der Waals surface area contributed by atoms with Crippen molar-refractivity contribution in [3.05, 3.63) is 23.2 Å². The maximum absolute atomic E-state index is 11.8. The molecule has 1 amide bonds. The Morgan fingerprint density at radius 3 is 2.84 bits per heavy atom. The number of likely N-dealkylation sites (N-methyl/N-ethyl adjacent to an activating group) is 1. The molecule has 0 radical (unpaired) electrons. The molecule has 0 atom stereocenters. The molecule has 19 heavy (non-hydrogen) atoms. The van der Waals surface area contributed by atoms with Crippen molar-refractivity contribution in [2.75, 3.05) is 44.9 Å². The van der Waals surface area contributed by atoms with Crippen LogP contribution in [0.1, 0.15) is 6.42 Å². The number of hydrogen-bond acceptors (Lipinski definition) is 4. The molecule has 0 aliphatic heterocycles. The lowest BCUT2D eigenvalue weighted by molar-refractivity contribution is -0.116. The zero-order valence-electron chi connectivity index (χ0n) is 11.3. The van der Waals surface area contributed by atoms with Crippen molar-refractivity contribution >= 4 is 28.9 Å². The highest BCUT2D eigenvalue weighted by Gasteiger charge is 2.07. The SMILES string of the molecule is COCCN(C)CCC(=O)Nc1ccc(N)cc1Cl. The van der Waals surface area contributed by atoms with E-state index in [4.69, 9.17) is 22.1 Å². The number of benzene rings is 1. The van der Waals surface area contributed by atoms with Crippen LogP contribution >= 0.6 is 11.6 Å². The molecule has 0 fully saturated rings. The van der Waals surface area contributed by atoms with Gasteiger partial charge >= 0.3 is 0 Å². The van der Waals surface area contributed by atoms with Crippen molar-refractivity contribution in [1.29, 1.82) is 0 Å².